The van der Waals surface area contributed by atoms with E-state index in [9.17, 15) is 4.79 Å². The Morgan fingerprint density at radius 1 is 1.14 bits per heavy atom. The molecule has 1 saturated carbocycles. The maximum absolute atomic E-state index is 12.6. The molecule has 5 heteroatoms. The smallest absolute Gasteiger partial charge is 0.259 e. The summed E-state index contributed by atoms with van der Waals surface area (Å²) in [4.78, 5) is 20.2. The van der Waals surface area contributed by atoms with Gasteiger partial charge in [0.2, 0.25) is 0 Å². The largest absolute Gasteiger partial charge is 0.328 e. The molecule has 2 aromatic heterocycles. The number of aryl methyl sites for hydroxylation is 2. The molecule has 0 saturated heterocycles. The second-order valence-electron chi connectivity index (χ2n) is 7.75. The Kier molecular flexibility index (Phi) is 5.70. The maximum Gasteiger partial charge on any atom is 0.259 e. The molecule has 0 amide bonds. The molecule has 0 aliphatic heterocycles. The second kappa shape index (κ2) is 8.55. The SMILES string of the molecule is CCc1c[nH]c(=O)c(-c2nc(-c3ccccc3)nn2CCC2CCCCC2)c1. The van der Waals surface area contributed by atoms with Gasteiger partial charge in [0.05, 0.1) is 5.56 Å². The molecule has 1 aliphatic carbocycles. The molecule has 0 bridgehead atoms. The van der Waals surface area contributed by atoms with Crippen molar-refractivity contribution < 1.29 is 0 Å². The molecule has 0 radical (unpaired) electrons. The third kappa shape index (κ3) is 4.08. The summed E-state index contributed by atoms with van der Waals surface area (Å²) in [5.74, 6) is 2.11. The average molecular weight is 377 g/mol. The highest BCUT2D eigenvalue weighted by atomic mass is 16.1. The minimum Gasteiger partial charge on any atom is -0.328 e. The van der Waals surface area contributed by atoms with Gasteiger partial charge in [0.25, 0.3) is 5.56 Å². The summed E-state index contributed by atoms with van der Waals surface area (Å²) in [5, 5.41) is 4.79. The summed E-state index contributed by atoms with van der Waals surface area (Å²) < 4.78 is 1.95. The number of aromatic nitrogens is 4. The lowest BCUT2D eigenvalue weighted by molar-refractivity contribution is 0.319. The van der Waals surface area contributed by atoms with Crippen LogP contribution in [-0.4, -0.2) is 19.7 Å². The van der Waals surface area contributed by atoms with Crippen LogP contribution < -0.4 is 5.56 Å². The van der Waals surface area contributed by atoms with E-state index < -0.39 is 0 Å². The van der Waals surface area contributed by atoms with Gasteiger partial charge in [-0.2, -0.15) is 5.10 Å². The quantitative estimate of drug-likeness (QED) is 0.670. The Labute approximate surface area is 165 Å². The van der Waals surface area contributed by atoms with Gasteiger partial charge in [-0.25, -0.2) is 9.67 Å². The Morgan fingerprint density at radius 2 is 1.93 bits per heavy atom. The van der Waals surface area contributed by atoms with E-state index >= 15 is 0 Å². The monoisotopic (exact) mass is 376 g/mol. The molecule has 0 atom stereocenters. The first-order chi connectivity index (χ1) is 13.7. The molecule has 3 aromatic rings. The zero-order valence-electron chi connectivity index (χ0n) is 16.5. The van der Waals surface area contributed by atoms with E-state index in [2.05, 4.69) is 11.9 Å². The van der Waals surface area contributed by atoms with Crippen molar-refractivity contribution in [1.29, 1.82) is 0 Å². The molecule has 4 rings (SSSR count). The summed E-state index contributed by atoms with van der Waals surface area (Å²) in [6.45, 7) is 2.89. The lowest BCUT2D eigenvalue weighted by Gasteiger charge is -2.21. The Balaban J connectivity index is 1.70. The summed E-state index contributed by atoms with van der Waals surface area (Å²) in [5.41, 5.74) is 2.57. The number of hydrogen-bond donors (Lipinski definition) is 1. The van der Waals surface area contributed by atoms with Crippen molar-refractivity contribution in [3.05, 3.63) is 58.5 Å². The van der Waals surface area contributed by atoms with Crippen molar-refractivity contribution in [2.45, 2.75) is 58.4 Å². The van der Waals surface area contributed by atoms with Crippen molar-refractivity contribution in [3.63, 3.8) is 0 Å². The van der Waals surface area contributed by atoms with Crippen LogP contribution in [0.15, 0.2) is 47.4 Å². The number of nitrogens with zero attached hydrogens (tertiary/aromatic N) is 3. The topological polar surface area (TPSA) is 63.6 Å². The minimum absolute atomic E-state index is 0.108. The Bertz CT molecular complexity index is 968. The van der Waals surface area contributed by atoms with E-state index in [0.717, 1.165) is 36.4 Å². The van der Waals surface area contributed by atoms with Gasteiger partial charge in [0.1, 0.15) is 0 Å². The van der Waals surface area contributed by atoms with Gasteiger partial charge in [0, 0.05) is 18.3 Å². The molecule has 146 valence electrons. The number of H-pyrrole nitrogens is 1. The number of nitrogens with one attached hydrogen (secondary N) is 1. The van der Waals surface area contributed by atoms with Crippen molar-refractivity contribution in [3.8, 4) is 22.8 Å². The van der Waals surface area contributed by atoms with Crippen LogP contribution in [0.4, 0.5) is 0 Å². The van der Waals surface area contributed by atoms with Crippen LogP contribution in [-0.2, 0) is 13.0 Å². The van der Waals surface area contributed by atoms with Crippen LogP contribution in [0.25, 0.3) is 22.8 Å². The number of pyridine rings is 1. The molecule has 1 fully saturated rings. The summed E-state index contributed by atoms with van der Waals surface area (Å²) in [7, 11) is 0. The normalized spacial score (nSPS) is 15.0. The summed E-state index contributed by atoms with van der Waals surface area (Å²) in [6.07, 6.45) is 10.4. The molecule has 1 N–H and O–H groups in total. The lowest BCUT2D eigenvalue weighted by Crippen LogP contribution is -2.15. The van der Waals surface area contributed by atoms with Gasteiger partial charge >= 0.3 is 0 Å². The molecule has 5 nitrogen and oxygen atoms in total. The maximum atomic E-state index is 12.6. The molecule has 1 aromatic carbocycles. The highest BCUT2D eigenvalue weighted by Crippen LogP contribution is 2.28. The van der Waals surface area contributed by atoms with Crippen molar-refractivity contribution in [2.75, 3.05) is 0 Å². The zero-order valence-corrected chi connectivity index (χ0v) is 16.5. The van der Waals surface area contributed by atoms with Gasteiger partial charge in [-0.3, -0.25) is 4.79 Å². The summed E-state index contributed by atoms with van der Waals surface area (Å²) >= 11 is 0. The highest BCUT2D eigenvalue weighted by Gasteiger charge is 2.19. The van der Waals surface area contributed by atoms with Crippen molar-refractivity contribution in [1.82, 2.24) is 19.7 Å². The number of aromatic amines is 1. The van der Waals surface area contributed by atoms with Crippen LogP contribution in [0.2, 0.25) is 0 Å². The first-order valence-corrected chi connectivity index (χ1v) is 10.5. The summed E-state index contributed by atoms with van der Waals surface area (Å²) in [6, 6.07) is 11.9. The molecule has 2 heterocycles. The van der Waals surface area contributed by atoms with Gasteiger partial charge in [0.15, 0.2) is 11.6 Å². The molecular formula is C23H28N4O. The third-order valence-electron chi connectivity index (χ3n) is 5.79. The third-order valence-corrected chi connectivity index (χ3v) is 5.79. The average Bonchev–Trinajstić information content (AvgIpc) is 3.18. The van der Waals surface area contributed by atoms with Crippen molar-refractivity contribution >= 4 is 0 Å². The van der Waals surface area contributed by atoms with Crippen LogP contribution >= 0.6 is 0 Å². The second-order valence-corrected chi connectivity index (χ2v) is 7.75. The van der Waals surface area contributed by atoms with Gasteiger partial charge in [-0.15, -0.1) is 0 Å². The van der Waals surface area contributed by atoms with Crippen LogP contribution in [0, 0.1) is 5.92 Å². The van der Waals surface area contributed by atoms with E-state index in [1.54, 1.807) is 6.20 Å². The number of benzene rings is 1. The van der Waals surface area contributed by atoms with E-state index in [1.165, 1.54) is 32.1 Å². The highest BCUT2D eigenvalue weighted by molar-refractivity contribution is 5.61. The van der Waals surface area contributed by atoms with E-state index in [0.29, 0.717) is 17.2 Å². The van der Waals surface area contributed by atoms with Crippen molar-refractivity contribution in [2.24, 2.45) is 5.92 Å². The fraction of sp³-hybridized carbons (Fsp3) is 0.435. The predicted octanol–water partition coefficient (Wildman–Crippen LogP) is 4.83. The Hall–Kier alpha value is -2.69. The van der Waals surface area contributed by atoms with E-state index in [-0.39, 0.29) is 5.56 Å². The fourth-order valence-electron chi connectivity index (χ4n) is 4.09. The van der Waals surface area contributed by atoms with E-state index in [4.69, 9.17) is 10.1 Å². The van der Waals surface area contributed by atoms with Crippen LogP contribution in [0.1, 0.15) is 51.0 Å². The first kappa shape index (κ1) is 18.7. The predicted molar refractivity (Wildman–Crippen MR) is 112 cm³/mol. The Morgan fingerprint density at radius 3 is 2.68 bits per heavy atom. The van der Waals surface area contributed by atoms with E-state index in [1.807, 2.05) is 41.1 Å². The fourth-order valence-corrected chi connectivity index (χ4v) is 4.09. The molecule has 28 heavy (non-hydrogen) atoms. The molecule has 1 aliphatic rings. The van der Waals surface area contributed by atoms with Crippen LogP contribution in [0.3, 0.4) is 0 Å². The van der Waals surface area contributed by atoms with Gasteiger partial charge < -0.3 is 4.98 Å². The zero-order chi connectivity index (χ0) is 19.3. The first-order valence-electron chi connectivity index (χ1n) is 10.5. The van der Waals surface area contributed by atoms with Gasteiger partial charge in [-0.1, -0.05) is 69.4 Å². The molecular weight excluding hydrogens is 348 g/mol. The minimum atomic E-state index is -0.108. The number of hydrogen-bond acceptors (Lipinski definition) is 3. The van der Waals surface area contributed by atoms with Gasteiger partial charge in [-0.05, 0) is 30.4 Å². The molecule has 0 spiro atoms. The molecule has 0 unspecified atom stereocenters. The standard InChI is InChI=1S/C23H28N4O/c1-2-17-15-20(23(28)24-16-17)22-25-21(19-11-7-4-8-12-19)26-27(22)14-13-18-9-5-3-6-10-18/h4,7-8,11-12,15-16,18H,2-3,5-6,9-10,13-14H2,1H3,(H,24,28). The number of rotatable bonds is 6. The van der Waals surface area contributed by atoms with Crippen LogP contribution in [0.5, 0.6) is 0 Å². The lowest BCUT2D eigenvalue weighted by atomic mass is 9.87.